The van der Waals surface area contributed by atoms with Gasteiger partial charge >= 0.3 is 6.18 Å². The fourth-order valence-corrected chi connectivity index (χ4v) is 1.39. The highest BCUT2D eigenvalue weighted by Gasteiger charge is 2.37. The molecule has 1 atom stereocenters. The van der Waals surface area contributed by atoms with Gasteiger partial charge in [0.25, 0.3) is 0 Å². The zero-order valence-electron chi connectivity index (χ0n) is 7.93. The first-order valence-electron chi connectivity index (χ1n) is 4.56. The van der Waals surface area contributed by atoms with Crippen LogP contribution in [0.4, 0.5) is 13.2 Å². The molecule has 0 aromatic heterocycles. The van der Waals surface area contributed by atoms with E-state index in [0.29, 0.717) is 0 Å². The number of halogens is 3. The van der Waals surface area contributed by atoms with Crippen LogP contribution in [0.25, 0.3) is 0 Å². The monoisotopic (exact) mass is 210 g/mol. The van der Waals surface area contributed by atoms with Gasteiger partial charge in [0.2, 0.25) is 0 Å². The first-order chi connectivity index (χ1) is 6.44. The second-order valence-electron chi connectivity index (χ2n) is 3.58. The average Bonchev–Trinajstić information content (AvgIpc) is 2.85. The summed E-state index contributed by atoms with van der Waals surface area (Å²) in [5.74, 6) is -0.270. The van der Waals surface area contributed by atoms with Gasteiger partial charge in [0.1, 0.15) is 6.10 Å². The number of carbonyl (C=O) groups is 1. The molecule has 0 saturated heterocycles. The fourth-order valence-electron chi connectivity index (χ4n) is 1.39. The minimum Gasteiger partial charge on any atom is -0.373 e. The lowest BCUT2D eigenvalue weighted by molar-refractivity contribution is -0.148. The smallest absolute Gasteiger partial charge is 0.373 e. The number of Topliss-reactive ketones (excluding diaryl/α,β-unsaturated/α-hetero) is 1. The van der Waals surface area contributed by atoms with Crippen molar-refractivity contribution in [2.24, 2.45) is 5.92 Å². The average molecular weight is 210 g/mol. The second kappa shape index (κ2) is 4.29. The Morgan fingerprint density at radius 3 is 2.43 bits per heavy atom. The molecule has 1 unspecified atom stereocenters. The van der Waals surface area contributed by atoms with E-state index in [0.717, 1.165) is 12.8 Å². The molecule has 1 aliphatic carbocycles. The highest BCUT2D eigenvalue weighted by Crippen LogP contribution is 2.35. The number of ketones is 1. The molecular formula is C9H13F3O2. The van der Waals surface area contributed by atoms with Crippen molar-refractivity contribution < 1.29 is 22.7 Å². The second-order valence-corrected chi connectivity index (χ2v) is 3.58. The Balaban J connectivity index is 2.32. The van der Waals surface area contributed by atoms with Crippen molar-refractivity contribution in [2.75, 3.05) is 7.11 Å². The lowest BCUT2D eigenvalue weighted by Gasteiger charge is -2.13. The molecule has 0 N–H and O–H groups in total. The number of ether oxygens (including phenoxy) is 1. The summed E-state index contributed by atoms with van der Waals surface area (Å²) >= 11 is 0. The van der Waals surface area contributed by atoms with Crippen LogP contribution in [-0.2, 0) is 9.53 Å². The lowest BCUT2D eigenvalue weighted by Crippen LogP contribution is -2.26. The van der Waals surface area contributed by atoms with Crippen LogP contribution in [0, 0.1) is 5.92 Å². The molecule has 5 heteroatoms. The molecule has 1 saturated carbocycles. The van der Waals surface area contributed by atoms with Crippen molar-refractivity contribution in [3.05, 3.63) is 0 Å². The van der Waals surface area contributed by atoms with E-state index in [1.54, 1.807) is 0 Å². The van der Waals surface area contributed by atoms with Crippen molar-refractivity contribution in [2.45, 2.75) is 38.0 Å². The Kier molecular flexibility index (Phi) is 3.53. The summed E-state index contributed by atoms with van der Waals surface area (Å²) in [5, 5.41) is 0. The van der Waals surface area contributed by atoms with E-state index < -0.39 is 30.9 Å². The van der Waals surface area contributed by atoms with Crippen molar-refractivity contribution in [3.8, 4) is 0 Å². The number of hydrogen-bond donors (Lipinski definition) is 0. The third-order valence-electron chi connectivity index (χ3n) is 2.28. The Labute approximate surface area is 80.4 Å². The van der Waals surface area contributed by atoms with Gasteiger partial charge in [-0.1, -0.05) is 0 Å². The molecule has 1 rings (SSSR count). The quantitative estimate of drug-likeness (QED) is 0.696. The Morgan fingerprint density at radius 1 is 1.50 bits per heavy atom. The summed E-state index contributed by atoms with van der Waals surface area (Å²) in [5.41, 5.74) is 0. The summed E-state index contributed by atoms with van der Waals surface area (Å²) in [6, 6.07) is 0. The van der Waals surface area contributed by atoms with E-state index in [2.05, 4.69) is 0 Å². The molecule has 0 aromatic rings. The number of methoxy groups -OCH3 is 1. The van der Waals surface area contributed by atoms with Crippen LogP contribution in [0.3, 0.4) is 0 Å². The molecule has 82 valence electrons. The van der Waals surface area contributed by atoms with Gasteiger partial charge in [0.15, 0.2) is 5.78 Å². The predicted molar refractivity (Wildman–Crippen MR) is 43.8 cm³/mol. The normalized spacial score (nSPS) is 19.4. The van der Waals surface area contributed by atoms with Gasteiger partial charge in [-0.3, -0.25) is 4.79 Å². The Bertz CT molecular complexity index is 209. The van der Waals surface area contributed by atoms with Crippen molar-refractivity contribution in [3.63, 3.8) is 0 Å². The summed E-state index contributed by atoms with van der Waals surface area (Å²) < 4.78 is 40.3. The molecule has 1 aliphatic rings. The maximum absolute atomic E-state index is 11.8. The summed E-state index contributed by atoms with van der Waals surface area (Å²) in [6.45, 7) is 0. The predicted octanol–water partition coefficient (Wildman–Crippen LogP) is 2.32. The van der Waals surface area contributed by atoms with Crippen LogP contribution in [0.1, 0.15) is 25.7 Å². The van der Waals surface area contributed by atoms with E-state index in [1.807, 2.05) is 0 Å². The molecular weight excluding hydrogens is 197 g/mol. The maximum Gasteiger partial charge on any atom is 0.389 e. The number of carbonyl (C=O) groups excluding carboxylic acids is 1. The van der Waals surface area contributed by atoms with Crippen LogP contribution >= 0.6 is 0 Å². The van der Waals surface area contributed by atoms with Gasteiger partial charge < -0.3 is 4.74 Å². The van der Waals surface area contributed by atoms with Gasteiger partial charge in [-0.15, -0.1) is 0 Å². The molecule has 0 heterocycles. The van der Waals surface area contributed by atoms with E-state index in [4.69, 9.17) is 4.74 Å². The highest BCUT2D eigenvalue weighted by atomic mass is 19.4. The van der Waals surface area contributed by atoms with E-state index in [1.165, 1.54) is 7.11 Å². The van der Waals surface area contributed by atoms with E-state index >= 15 is 0 Å². The third kappa shape index (κ3) is 3.65. The van der Waals surface area contributed by atoms with Gasteiger partial charge in [-0.05, 0) is 18.8 Å². The maximum atomic E-state index is 11.8. The molecule has 1 fully saturated rings. The molecule has 0 radical (unpaired) electrons. The molecule has 0 amide bonds. The lowest BCUT2D eigenvalue weighted by atomic mass is 10.1. The molecule has 0 aliphatic heterocycles. The van der Waals surface area contributed by atoms with Gasteiger partial charge in [0, 0.05) is 13.5 Å². The molecule has 14 heavy (non-hydrogen) atoms. The van der Waals surface area contributed by atoms with Gasteiger partial charge in [-0.2, -0.15) is 13.2 Å². The molecule has 0 aromatic carbocycles. The van der Waals surface area contributed by atoms with E-state index in [-0.39, 0.29) is 5.92 Å². The highest BCUT2D eigenvalue weighted by molar-refractivity contribution is 5.83. The topological polar surface area (TPSA) is 26.3 Å². The first kappa shape index (κ1) is 11.5. The molecule has 0 spiro atoms. The SMILES string of the molecule is COC(C(=O)CCC(F)(F)F)C1CC1. The molecule has 2 nitrogen and oxygen atoms in total. The van der Waals surface area contributed by atoms with Crippen molar-refractivity contribution in [1.82, 2.24) is 0 Å². The number of rotatable bonds is 5. The number of alkyl halides is 3. The zero-order chi connectivity index (χ0) is 10.8. The first-order valence-corrected chi connectivity index (χ1v) is 4.56. The largest absolute Gasteiger partial charge is 0.389 e. The summed E-state index contributed by atoms with van der Waals surface area (Å²) in [7, 11) is 1.37. The molecule has 0 bridgehead atoms. The summed E-state index contributed by atoms with van der Waals surface area (Å²) in [6.07, 6.45) is -4.60. The third-order valence-corrected chi connectivity index (χ3v) is 2.28. The number of hydrogen-bond acceptors (Lipinski definition) is 2. The minimum atomic E-state index is -4.25. The van der Waals surface area contributed by atoms with Crippen molar-refractivity contribution in [1.29, 1.82) is 0 Å². The fraction of sp³-hybridized carbons (Fsp3) is 0.889. The zero-order valence-corrected chi connectivity index (χ0v) is 7.93. The van der Waals surface area contributed by atoms with E-state index in [9.17, 15) is 18.0 Å². The summed E-state index contributed by atoms with van der Waals surface area (Å²) in [4.78, 5) is 11.3. The van der Waals surface area contributed by atoms with Crippen LogP contribution in [0.5, 0.6) is 0 Å². The van der Waals surface area contributed by atoms with Crippen LogP contribution < -0.4 is 0 Å². The Hall–Kier alpha value is -0.580. The van der Waals surface area contributed by atoms with Crippen molar-refractivity contribution >= 4 is 5.78 Å². The van der Waals surface area contributed by atoms with Gasteiger partial charge in [-0.25, -0.2) is 0 Å². The standard InChI is InChI=1S/C9H13F3O2/c1-14-8(6-2-3-6)7(13)4-5-9(10,11)12/h6,8H,2-5H2,1H3. The minimum absolute atomic E-state index is 0.153. The van der Waals surface area contributed by atoms with Gasteiger partial charge in [0.05, 0.1) is 6.42 Å². The van der Waals surface area contributed by atoms with Crippen LogP contribution in [0.2, 0.25) is 0 Å². The van der Waals surface area contributed by atoms with Crippen LogP contribution in [0.15, 0.2) is 0 Å². The Morgan fingerprint density at radius 2 is 2.07 bits per heavy atom. The van der Waals surface area contributed by atoms with Crippen LogP contribution in [-0.4, -0.2) is 25.2 Å².